The summed E-state index contributed by atoms with van der Waals surface area (Å²) < 4.78 is 0. The molecule has 0 atom stereocenters. The summed E-state index contributed by atoms with van der Waals surface area (Å²) in [4.78, 5) is 11.9. The van der Waals surface area contributed by atoms with Gasteiger partial charge in [-0.05, 0) is 48.4 Å². The molecule has 0 aliphatic rings. The molecular weight excluding hydrogens is 260 g/mol. The molecule has 2 nitrogen and oxygen atoms in total. The van der Waals surface area contributed by atoms with Crippen molar-refractivity contribution < 1.29 is 9.90 Å². The SMILES string of the molecule is Cc1ccc(/C=C/C(=O)c2cccc(O)c2)c(Cl)c1. The molecule has 0 aliphatic heterocycles. The minimum absolute atomic E-state index is 0.0765. The Labute approximate surface area is 117 Å². The van der Waals surface area contributed by atoms with Crippen LogP contribution in [0, 0.1) is 6.92 Å². The second kappa shape index (κ2) is 5.72. The number of rotatable bonds is 3. The van der Waals surface area contributed by atoms with Crippen molar-refractivity contribution in [3.05, 3.63) is 70.3 Å². The maximum absolute atomic E-state index is 11.9. The molecule has 1 N–H and O–H groups in total. The van der Waals surface area contributed by atoms with Crippen molar-refractivity contribution in [2.75, 3.05) is 0 Å². The van der Waals surface area contributed by atoms with Crippen LogP contribution in [0.15, 0.2) is 48.5 Å². The van der Waals surface area contributed by atoms with Gasteiger partial charge in [0.2, 0.25) is 0 Å². The first kappa shape index (κ1) is 13.4. The lowest BCUT2D eigenvalue weighted by molar-refractivity contribution is 0.104. The third-order valence-electron chi connectivity index (χ3n) is 2.70. The van der Waals surface area contributed by atoms with Gasteiger partial charge in [-0.2, -0.15) is 0 Å². The van der Waals surface area contributed by atoms with Crippen LogP contribution in [-0.2, 0) is 0 Å². The van der Waals surface area contributed by atoms with Crippen LogP contribution in [0.2, 0.25) is 5.02 Å². The topological polar surface area (TPSA) is 37.3 Å². The lowest BCUT2D eigenvalue weighted by Gasteiger charge is -2.00. The molecule has 0 aromatic heterocycles. The molecule has 0 saturated carbocycles. The number of carbonyl (C=O) groups excluding carboxylic acids is 1. The van der Waals surface area contributed by atoms with E-state index < -0.39 is 0 Å². The fourth-order valence-electron chi connectivity index (χ4n) is 1.69. The van der Waals surface area contributed by atoms with Gasteiger partial charge in [-0.3, -0.25) is 4.79 Å². The summed E-state index contributed by atoms with van der Waals surface area (Å²) in [5.74, 6) is -0.0971. The van der Waals surface area contributed by atoms with E-state index in [2.05, 4.69) is 0 Å². The molecule has 2 aromatic rings. The molecule has 2 rings (SSSR count). The van der Waals surface area contributed by atoms with Gasteiger partial charge >= 0.3 is 0 Å². The smallest absolute Gasteiger partial charge is 0.185 e. The number of benzene rings is 2. The summed E-state index contributed by atoms with van der Waals surface area (Å²) in [5.41, 5.74) is 2.31. The van der Waals surface area contributed by atoms with E-state index in [1.165, 1.54) is 18.2 Å². The first-order valence-electron chi connectivity index (χ1n) is 5.84. The lowest BCUT2D eigenvalue weighted by atomic mass is 10.1. The maximum Gasteiger partial charge on any atom is 0.185 e. The average Bonchev–Trinajstić information content (AvgIpc) is 2.37. The van der Waals surface area contributed by atoms with Crippen molar-refractivity contribution in [2.24, 2.45) is 0 Å². The number of phenolic OH excluding ortho intramolecular Hbond substituents is 1. The molecule has 0 amide bonds. The van der Waals surface area contributed by atoms with E-state index in [-0.39, 0.29) is 11.5 Å². The summed E-state index contributed by atoms with van der Waals surface area (Å²) >= 11 is 6.08. The normalized spacial score (nSPS) is 10.8. The number of aromatic hydroxyl groups is 1. The Balaban J connectivity index is 2.21. The minimum atomic E-state index is -0.174. The van der Waals surface area contributed by atoms with Gasteiger partial charge in [-0.15, -0.1) is 0 Å². The molecule has 3 heteroatoms. The van der Waals surface area contributed by atoms with Gasteiger partial charge in [0.05, 0.1) is 0 Å². The fraction of sp³-hybridized carbons (Fsp3) is 0.0625. The number of hydrogen-bond acceptors (Lipinski definition) is 2. The largest absolute Gasteiger partial charge is 0.508 e. The quantitative estimate of drug-likeness (QED) is 0.670. The second-order valence-electron chi connectivity index (χ2n) is 4.27. The van der Waals surface area contributed by atoms with E-state index in [0.717, 1.165) is 11.1 Å². The number of allylic oxidation sites excluding steroid dienone is 1. The van der Waals surface area contributed by atoms with Crippen LogP contribution in [0.5, 0.6) is 5.75 Å². The standard InChI is InChI=1S/C16H13ClO2/c1-11-5-6-12(15(17)9-11)7-8-16(19)13-3-2-4-14(18)10-13/h2-10,18H,1H3/b8-7+. The van der Waals surface area contributed by atoms with Crippen molar-refractivity contribution in [2.45, 2.75) is 6.92 Å². The monoisotopic (exact) mass is 272 g/mol. The highest BCUT2D eigenvalue weighted by molar-refractivity contribution is 6.32. The van der Waals surface area contributed by atoms with Gasteiger partial charge in [0.25, 0.3) is 0 Å². The Kier molecular flexibility index (Phi) is 4.03. The Morgan fingerprint density at radius 2 is 2.00 bits per heavy atom. The highest BCUT2D eigenvalue weighted by Gasteiger charge is 2.03. The summed E-state index contributed by atoms with van der Waals surface area (Å²) in [7, 11) is 0. The highest BCUT2D eigenvalue weighted by Crippen LogP contribution is 2.19. The van der Waals surface area contributed by atoms with Gasteiger partial charge in [-0.1, -0.05) is 35.9 Å². The predicted octanol–water partition coefficient (Wildman–Crippen LogP) is 4.25. The summed E-state index contributed by atoms with van der Waals surface area (Å²) in [6.45, 7) is 1.96. The van der Waals surface area contributed by atoms with E-state index in [1.54, 1.807) is 18.2 Å². The number of ketones is 1. The first-order valence-corrected chi connectivity index (χ1v) is 6.21. The van der Waals surface area contributed by atoms with Crippen LogP contribution in [0.3, 0.4) is 0 Å². The molecule has 96 valence electrons. The molecular formula is C16H13ClO2. The van der Waals surface area contributed by atoms with Crippen molar-refractivity contribution in [3.63, 3.8) is 0 Å². The maximum atomic E-state index is 11.9. The Morgan fingerprint density at radius 1 is 1.21 bits per heavy atom. The molecule has 0 saturated heterocycles. The first-order chi connectivity index (χ1) is 9.06. The van der Waals surface area contributed by atoms with E-state index in [1.807, 2.05) is 25.1 Å². The molecule has 0 bridgehead atoms. The third-order valence-corrected chi connectivity index (χ3v) is 3.03. The van der Waals surface area contributed by atoms with Crippen molar-refractivity contribution in [1.29, 1.82) is 0 Å². The van der Waals surface area contributed by atoms with Gasteiger partial charge in [0.15, 0.2) is 5.78 Å². The zero-order valence-electron chi connectivity index (χ0n) is 10.4. The minimum Gasteiger partial charge on any atom is -0.508 e. The Bertz CT molecular complexity index is 645. The number of carbonyl (C=O) groups is 1. The highest BCUT2D eigenvalue weighted by atomic mass is 35.5. The number of halogens is 1. The number of phenols is 1. The molecule has 19 heavy (non-hydrogen) atoms. The molecule has 0 fully saturated rings. The molecule has 0 spiro atoms. The van der Waals surface area contributed by atoms with Gasteiger partial charge in [0.1, 0.15) is 5.75 Å². The van der Waals surface area contributed by atoms with Crippen molar-refractivity contribution in [3.8, 4) is 5.75 Å². The van der Waals surface area contributed by atoms with E-state index >= 15 is 0 Å². The lowest BCUT2D eigenvalue weighted by Crippen LogP contribution is -1.93. The van der Waals surface area contributed by atoms with Crippen molar-refractivity contribution >= 4 is 23.5 Å². The molecule has 0 unspecified atom stereocenters. The van der Waals surface area contributed by atoms with Crippen LogP contribution in [-0.4, -0.2) is 10.9 Å². The summed E-state index contributed by atoms with van der Waals surface area (Å²) in [6.07, 6.45) is 3.12. The van der Waals surface area contributed by atoms with Gasteiger partial charge < -0.3 is 5.11 Å². The van der Waals surface area contributed by atoms with Crippen LogP contribution in [0.4, 0.5) is 0 Å². The Morgan fingerprint density at radius 3 is 2.68 bits per heavy atom. The van der Waals surface area contributed by atoms with E-state index in [0.29, 0.717) is 10.6 Å². The summed E-state index contributed by atoms with van der Waals surface area (Å²) in [6, 6.07) is 11.9. The average molecular weight is 273 g/mol. The van der Waals surface area contributed by atoms with Gasteiger partial charge in [0, 0.05) is 10.6 Å². The molecule has 0 aliphatic carbocycles. The number of aryl methyl sites for hydroxylation is 1. The third kappa shape index (κ3) is 3.46. The zero-order valence-corrected chi connectivity index (χ0v) is 11.2. The van der Waals surface area contributed by atoms with Crippen LogP contribution < -0.4 is 0 Å². The zero-order chi connectivity index (χ0) is 13.8. The Hall–Kier alpha value is -2.06. The number of hydrogen-bond donors (Lipinski definition) is 1. The van der Waals surface area contributed by atoms with Crippen molar-refractivity contribution in [1.82, 2.24) is 0 Å². The van der Waals surface area contributed by atoms with Crippen LogP contribution in [0.25, 0.3) is 6.08 Å². The van der Waals surface area contributed by atoms with Crippen LogP contribution >= 0.6 is 11.6 Å². The second-order valence-corrected chi connectivity index (χ2v) is 4.68. The molecule has 2 aromatic carbocycles. The van der Waals surface area contributed by atoms with Gasteiger partial charge in [-0.25, -0.2) is 0 Å². The van der Waals surface area contributed by atoms with E-state index in [4.69, 9.17) is 11.6 Å². The predicted molar refractivity (Wildman–Crippen MR) is 77.7 cm³/mol. The molecule has 0 heterocycles. The van der Waals surface area contributed by atoms with Crippen LogP contribution in [0.1, 0.15) is 21.5 Å². The molecule has 0 radical (unpaired) electrons. The summed E-state index contributed by atoms with van der Waals surface area (Å²) in [5, 5.41) is 9.94. The van der Waals surface area contributed by atoms with E-state index in [9.17, 15) is 9.90 Å². The fourth-order valence-corrected chi connectivity index (χ4v) is 1.99.